The van der Waals surface area contributed by atoms with Crippen molar-refractivity contribution in [1.82, 2.24) is 5.32 Å². The molecule has 0 aromatic rings. The molecule has 0 bridgehead atoms. The Morgan fingerprint density at radius 1 is 0.382 bits per heavy atom. The zero-order valence-electron chi connectivity index (χ0n) is 61.0. The largest absolute Gasteiger partial charge is 0.472 e. The molecule has 1 amide bonds. The number of quaternary nitrogens is 1. The van der Waals surface area contributed by atoms with Crippen LogP contribution in [0.5, 0.6) is 0 Å². The number of unbranched alkanes of at least 4 members (excludes halogenated alkanes) is 59. The zero-order chi connectivity index (χ0) is 64.9. The van der Waals surface area contributed by atoms with Gasteiger partial charge in [0.1, 0.15) is 19.3 Å². The third-order valence-corrected chi connectivity index (χ3v) is 19.7. The number of phosphoric acid groups is 1. The van der Waals surface area contributed by atoms with E-state index in [1.54, 1.807) is 0 Å². The molecule has 0 aliphatic heterocycles. The van der Waals surface area contributed by atoms with E-state index in [0.717, 1.165) is 57.8 Å². The molecule has 3 atom stereocenters. The van der Waals surface area contributed by atoms with Gasteiger partial charge in [-0.15, -0.1) is 0 Å². The number of hydrogen-bond acceptors (Lipinski definition) is 6. The standard InChI is InChI=1S/C79H157N2O7P/c1-7-10-13-16-19-22-25-27-29-31-33-35-37-39-40-42-44-46-48-50-52-54-57-60-63-66-69-72-79(83)88-77(70-67-64-61-58-55-24-21-18-15-12-9-3)76(75-87-89(84,85)86-74-73-81(4,5)6)80-78(82)71-68-65-62-59-56-53-51-49-47-45-43-41-38-36-34-32-30-28-26-23-20-17-14-11-8-2/h67,70,76-77H,7-66,68-69,71-75H2,1-6H3,(H-,80,82,84,85)/p+1/b70-67+. The molecular weight excluding hydrogens is 1120 g/mol. The van der Waals surface area contributed by atoms with Crippen LogP contribution in [0.2, 0.25) is 0 Å². The smallest absolute Gasteiger partial charge is 0.456 e. The monoisotopic (exact) mass is 1280 g/mol. The lowest BCUT2D eigenvalue weighted by Crippen LogP contribution is -2.47. The molecule has 2 N–H and O–H groups in total. The Kier molecular flexibility index (Phi) is 68.6. The molecule has 0 fully saturated rings. The van der Waals surface area contributed by atoms with Gasteiger partial charge in [-0.25, -0.2) is 4.57 Å². The third-order valence-electron chi connectivity index (χ3n) is 18.7. The highest BCUT2D eigenvalue weighted by atomic mass is 31.2. The topological polar surface area (TPSA) is 111 Å². The van der Waals surface area contributed by atoms with E-state index in [0.29, 0.717) is 23.9 Å². The summed E-state index contributed by atoms with van der Waals surface area (Å²) < 4.78 is 30.9. The summed E-state index contributed by atoms with van der Waals surface area (Å²) in [6.07, 6.45) is 85.5. The number of phosphoric ester groups is 1. The van der Waals surface area contributed by atoms with Gasteiger partial charge in [0.05, 0.1) is 33.8 Å². The molecule has 89 heavy (non-hydrogen) atoms. The van der Waals surface area contributed by atoms with Crippen LogP contribution in [0, 0.1) is 0 Å². The van der Waals surface area contributed by atoms with Gasteiger partial charge in [0.2, 0.25) is 5.91 Å². The van der Waals surface area contributed by atoms with Crippen molar-refractivity contribution < 1.29 is 37.3 Å². The lowest BCUT2D eigenvalue weighted by molar-refractivity contribution is -0.870. The van der Waals surface area contributed by atoms with E-state index in [-0.39, 0.29) is 25.1 Å². The van der Waals surface area contributed by atoms with Gasteiger partial charge in [0.15, 0.2) is 0 Å². The van der Waals surface area contributed by atoms with E-state index in [1.165, 1.54) is 340 Å². The van der Waals surface area contributed by atoms with Crippen LogP contribution in [0.4, 0.5) is 0 Å². The quantitative estimate of drug-likeness (QED) is 0.0205. The van der Waals surface area contributed by atoms with Gasteiger partial charge in [-0.05, 0) is 31.8 Å². The van der Waals surface area contributed by atoms with Gasteiger partial charge in [0, 0.05) is 12.8 Å². The Balaban J connectivity index is 4.82. The van der Waals surface area contributed by atoms with Crippen LogP contribution in [0.3, 0.4) is 0 Å². The number of ether oxygens (including phenoxy) is 1. The molecule has 0 rings (SSSR count). The van der Waals surface area contributed by atoms with Gasteiger partial charge in [0.25, 0.3) is 0 Å². The molecular formula is C79H158N2O7P+. The number of nitrogens with one attached hydrogen (secondary N) is 1. The van der Waals surface area contributed by atoms with E-state index < -0.39 is 20.0 Å². The molecule has 10 heteroatoms. The molecule has 0 aliphatic rings. The minimum Gasteiger partial charge on any atom is -0.456 e. The van der Waals surface area contributed by atoms with Crippen molar-refractivity contribution in [2.45, 2.75) is 444 Å². The maximum Gasteiger partial charge on any atom is 0.472 e. The maximum absolute atomic E-state index is 13.6. The first-order valence-corrected chi connectivity index (χ1v) is 41.5. The predicted octanol–water partition coefficient (Wildman–Crippen LogP) is 25.8. The van der Waals surface area contributed by atoms with E-state index in [1.807, 2.05) is 27.2 Å². The zero-order valence-corrected chi connectivity index (χ0v) is 61.9. The van der Waals surface area contributed by atoms with Crippen LogP contribution >= 0.6 is 7.82 Å². The Labute approximate surface area is 556 Å². The molecule has 0 saturated carbocycles. The molecule has 530 valence electrons. The van der Waals surface area contributed by atoms with Gasteiger partial charge in [-0.2, -0.15) is 0 Å². The second-order valence-electron chi connectivity index (χ2n) is 29.0. The number of amides is 1. The molecule has 0 aliphatic carbocycles. The minimum atomic E-state index is -4.45. The molecule has 0 aromatic carbocycles. The maximum atomic E-state index is 13.6. The first kappa shape index (κ1) is 87.8. The summed E-state index contributed by atoms with van der Waals surface area (Å²) in [6, 6.07) is -0.841. The first-order valence-electron chi connectivity index (χ1n) is 40.0. The van der Waals surface area contributed by atoms with Crippen LogP contribution in [0.1, 0.15) is 432 Å². The Morgan fingerprint density at radius 3 is 0.921 bits per heavy atom. The van der Waals surface area contributed by atoms with E-state index in [4.69, 9.17) is 13.8 Å². The number of likely N-dealkylation sites (N-methyl/N-ethyl adjacent to an activating group) is 1. The van der Waals surface area contributed by atoms with Crippen molar-refractivity contribution >= 4 is 19.7 Å². The fraction of sp³-hybridized carbons (Fsp3) is 0.949. The number of carbonyl (C=O) groups excluding carboxylic acids is 2. The fourth-order valence-electron chi connectivity index (χ4n) is 12.6. The van der Waals surface area contributed by atoms with Gasteiger partial charge in [-0.1, -0.05) is 399 Å². The highest BCUT2D eigenvalue weighted by molar-refractivity contribution is 7.47. The van der Waals surface area contributed by atoms with E-state index >= 15 is 0 Å². The highest BCUT2D eigenvalue weighted by Crippen LogP contribution is 2.43. The van der Waals surface area contributed by atoms with E-state index in [2.05, 4.69) is 32.2 Å². The predicted molar refractivity (Wildman–Crippen MR) is 388 cm³/mol. The van der Waals surface area contributed by atoms with Crippen molar-refractivity contribution in [3.8, 4) is 0 Å². The average Bonchev–Trinajstić information content (AvgIpc) is 3.71. The van der Waals surface area contributed by atoms with Crippen LogP contribution in [0.25, 0.3) is 0 Å². The van der Waals surface area contributed by atoms with Crippen molar-refractivity contribution in [3.63, 3.8) is 0 Å². The van der Waals surface area contributed by atoms with Crippen LogP contribution in [-0.2, 0) is 27.9 Å². The average molecular weight is 1280 g/mol. The van der Waals surface area contributed by atoms with Crippen molar-refractivity contribution in [2.75, 3.05) is 40.9 Å². The lowest BCUT2D eigenvalue weighted by atomic mass is 10.0. The lowest BCUT2D eigenvalue weighted by Gasteiger charge is -2.27. The summed E-state index contributed by atoms with van der Waals surface area (Å²) in [6.45, 7) is 7.11. The molecule has 0 saturated heterocycles. The number of nitrogens with zero attached hydrogens (tertiary/aromatic N) is 1. The Bertz CT molecular complexity index is 1520. The second kappa shape index (κ2) is 69.6. The molecule has 0 radical (unpaired) electrons. The fourth-order valence-corrected chi connectivity index (χ4v) is 13.3. The molecule has 0 spiro atoms. The Hall–Kier alpha value is -1.25. The summed E-state index contributed by atoms with van der Waals surface area (Å²) in [4.78, 5) is 38.0. The van der Waals surface area contributed by atoms with Crippen molar-refractivity contribution in [2.24, 2.45) is 0 Å². The molecule has 0 heterocycles. The first-order chi connectivity index (χ1) is 43.4. The SMILES string of the molecule is CCCCCCCCCCC/C=C/C(OC(=O)CCCCCCCCCCCCCCCCCCCCCCCCCCCCC)C(COP(=O)(O)OCC[N+](C)(C)C)NC(=O)CCCCCCCCCCCCCCCCCCCCCCCCCCC. The summed E-state index contributed by atoms with van der Waals surface area (Å²) in [5, 5.41) is 3.09. The molecule has 3 unspecified atom stereocenters. The second-order valence-corrected chi connectivity index (χ2v) is 30.4. The summed E-state index contributed by atoms with van der Waals surface area (Å²) in [7, 11) is 1.53. The summed E-state index contributed by atoms with van der Waals surface area (Å²) >= 11 is 0. The van der Waals surface area contributed by atoms with Crippen molar-refractivity contribution in [3.05, 3.63) is 12.2 Å². The summed E-state index contributed by atoms with van der Waals surface area (Å²) in [5.41, 5.74) is 0. The minimum absolute atomic E-state index is 0.0462. The molecule has 0 aromatic heterocycles. The highest BCUT2D eigenvalue weighted by Gasteiger charge is 2.30. The number of carbonyl (C=O) groups is 2. The van der Waals surface area contributed by atoms with Gasteiger partial charge < -0.3 is 19.4 Å². The number of allylic oxidation sites excluding steroid dienone is 1. The number of rotatable bonds is 75. The van der Waals surface area contributed by atoms with Gasteiger partial charge >= 0.3 is 13.8 Å². The van der Waals surface area contributed by atoms with Gasteiger partial charge in [-0.3, -0.25) is 18.6 Å². The molecule has 9 nitrogen and oxygen atoms in total. The third kappa shape index (κ3) is 70.9. The number of esters is 1. The number of hydrogen-bond donors (Lipinski definition) is 2. The summed E-state index contributed by atoms with van der Waals surface area (Å²) in [5.74, 6) is -0.474. The van der Waals surface area contributed by atoms with Crippen LogP contribution < -0.4 is 5.32 Å². The van der Waals surface area contributed by atoms with E-state index in [9.17, 15) is 19.0 Å². The Morgan fingerprint density at radius 2 is 0.640 bits per heavy atom. The van der Waals surface area contributed by atoms with Crippen molar-refractivity contribution in [1.29, 1.82) is 0 Å². The normalized spacial score (nSPS) is 13.4. The van der Waals surface area contributed by atoms with Crippen LogP contribution in [0.15, 0.2) is 12.2 Å². The van der Waals surface area contributed by atoms with Crippen LogP contribution in [-0.4, -0.2) is 74.3 Å².